The van der Waals surface area contributed by atoms with Crippen molar-refractivity contribution in [3.8, 4) is 0 Å². The fourth-order valence-electron chi connectivity index (χ4n) is 3.26. The molecule has 0 saturated carbocycles. The number of hydrogen-bond donors (Lipinski definition) is 1. The molecule has 0 amide bonds. The Balaban J connectivity index is 1.70. The second kappa shape index (κ2) is 4.84. The Kier molecular flexibility index (Phi) is 3.35. The van der Waals surface area contributed by atoms with Crippen LogP contribution >= 0.6 is 11.6 Å². The summed E-state index contributed by atoms with van der Waals surface area (Å²) in [7, 11) is 0. The van der Waals surface area contributed by atoms with Crippen LogP contribution in [0.3, 0.4) is 0 Å². The van der Waals surface area contributed by atoms with E-state index in [0.29, 0.717) is 5.41 Å². The number of fused-ring (bicyclic) bond motifs is 1. The number of nitrogens with one attached hydrogen (secondary N) is 1. The molecule has 2 aliphatic heterocycles. The molecule has 1 saturated heterocycles. The van der Waals surface area contributed by atoms with Gasteiger partial charge >= 0.3 is 0 Å². The Hall–Kier alpha value is -0.570. The molecule has 3 heteroatoms. The zero-order valence-electron chi connectivity index (χ0n) is 11.0. The van der Waals surface area contributed by atoms with Gasteiger partial charge in [-0.3, -0.25) is 4.90 Å². The lowest BCUT2D eigenvalue weighted by atomic mass is 9.88. The fourth-order valence-corrected chi connectivity index (χ4v) is 3.46. The maximum absolute atomic E-state index is 6.09. The van der Waals surface area contributed by atoms with Gasteiger partial charge in [0.2, 0.25) is 0 Å². The maximum Gasteiger partial charge on any atom is 0.0409 e. The summed E-state index contributed by atoms with van der Waals surface area (Å²) in [6.07, 6.45) is 2.46. The normalized spacial score (nSPS) is 28.3. The third-order valence-electron chi connectivity index (χ3n) is 4.32. The van der Waals surface area contributed by atoms with Gasteiger partial charge in [0.1, 0.15) is 0 Å². The minimum Gasteiger partial charge on any atom is -0.316 e. The van der Waals surface area contributed by atoms with Crippen molar-refractivity contribution >= 4 is 11.6 Å². The average Bonchev–Trinajstić information content (AvgIpc) is 2.75. The van der Waals surface area contributed by atoms with Gasteiger partial charge in [-0.15, -0.1) is 0 Å². The van der Waals surface area contributed by atoms with Crippen molar-refractivity contribution in [1.29, 1.82) is 0 Å². The van der Waals surface area contributed by atoms with Gasteiger partial charge in [-0.2, -0.15) is 0 Å². The first kappa shape index (κ1) is 12.5. The molecule has 0 spiro atoms. The predicted molar refractivity (Wildman–Crippen MR) is 76.0 cm³/mol. The lowest BCUT2D eigenvalue weighted by molar-refractivity contribution is 0.164. The van der Waals surface area contributed by atoms with E-state index in [4.69, 9.17) is 11.6 Å². The van der Waals surface area contributed by atoms with Crippen LogP contribution in [-0.2, 0) is 13.0 Å². The van der Waals surface area contributed by atoms with Gasteiger partial charge in [0.15, 0.2) is 0 Å². The van der Waals surface area contributed by atoms with E-state index in [1.807, 2.05) is 6.07 Å². The van der Waals surface area contributed by atoms with Crippen molar-refractivity contribution in [1.82, 2.24) is 10.2 Å². The van der Waals surface area contributed by atoms with Crippen LogP contribution in [0.5, 0.6) is 0 Å². The number of halogens is 1. The number of nitrogens with zero attached hydrogens (tertiary/aromatic N) is 1. The number of benzene rings is 1. The number of hydrogen-bond acceptors (Lipinski definition) is 2. The van der Waals surface area contributed by atoms with Crippen LogP contribution in [-0.4, -0.2) is 31.1 Å². The summed E-state index contributed by atoms with van der Waals surface area (Å²) >= 11 is 6.09. The monoisotopic (exact) mass is 264 g/mol. The van der Waals surface area contributed by atoms with Gasteiger partial charge in [-0.25, -0.2) is 0 Å². The van der Waals surface area contributed by atoms with E-state index in [2.05, 4.69) is 29.3 Å². The Morgan fingerprint density at radius 2 is 2.28 bits per heavy atom. The molecule has 1 N–H and O–H groups in total. The quantitative estimate of drug-likeness (QED) is 0.884. The van der Waals surface area contributed by atoms with Gasteiger partial charge < -0.3 is 5.32 Å². The molecule has 2 nitrogen and oxygen atoms in total. The summed E-state index contributed by atoms with van der Waals surface area (Å²) in [6, 6.07) is 6.34. The third kappa shape index (κ3) is 2.56. The highest BCUT2D eigenvalue weighted by molar-refractivity contribution is 6.30. The van der Waals surface area contributed by atoms with Crippen molar-refractivity contribution in [2.45, 2.75) is 26.3 Å². The van der Waals surface area contributed by atoms with Gasteiger partial charge in [0, 0.05) is 31.2 Å². The minimum atomic E-state index is 0.454. The lowest BCUT2D eigenvalue weighted by Gasteiger charge is -2.35. The zero-order valence-corrected chi connectivity index (χ0v) is 11.8. The van der Waals surface area contributed by atoms with Crippen LogP contribution < -0.4 is 5.32 Å². The van der Waals surface area contributed by atoms with E-state index < -0.39 is 0 Å². The molecular weight excluding hydrogens is 244 g/mol. The molecule has 1 aromatic carbocycles. The van der Waals surface area contributed by atoms with Crippen LogP contribution in [0.15, 0.2) is 18.2 Å². The molecule has 0 aliphatic carbocycles. The van der Waals surface area contributed by atoms with Crippen molar-refractivity contribution in [3.05, 3.63) is 34.3 Å². The second-order valence-corrected chi connectivity index (χ2v) is 6.55. The van der Waals surface area contributed by atoms with Crippen LogP contribution in [0.1, 0.15) is 24.5 Å². The van der Waals surface area contributed by atoms with E-state index in [1.165, 1.54) is 37.2 Å². The molecule has 3 rings (SSSR count). The molecule has 2 aliphatic rings. The Bertz CT molecular complexity index is 438. The highest BCUT2D eigenvalue weighted by Crippen LogP contribution is 2.29. The Labute approximate surface area is 114 Å². The van der Waals surface area contributed by atoms with Crippen LogP contribution in [0, 0.1) is 5.41 Å². The Morgan fingerprint density at radius 1 is 1.39 bits per heavy atom. The van der Waals surface area contributed by atoms with Gasteiger partial charge in [0.05, 0.1) is 0 Å². The topological polar surface area (TPSA) is 15.3 Å². The molecule has 1 fully saturated rings. The molecule has 0 aromatic heterocycles. The molecule has 1 unspecified atom stereocenters. The number of rotatable bonds is 2. The van der Waals surface area contributed by atoms with Crippen LogP contribution in [0.25, 0.3) is 0 Å². The summed E-state index contributed by atoms with van der Waals surface area (Å²) in [5.41, 5.74) is 3.35. The molecule has 1 aromatic rings. The van der Waals surface area contributed by atoms with Gasteiger partial charge in [-0.1, -0.05) is 24.6 Å². The summed E-state index contributed by atoms with van der Waals surface area (Å²) in [5.74, 6) is 0. The smallest absolute Gasteiger partial charge is 0.0409 e. The van der Waals surface area contributed by atoms with Crippen LogP contribution in [0.2, 0.25) is 5.02 Å². The van der Waals surface area contributed by atoms with E-state index in [0.717, 1.165) is 24.5 Å². The molecular formula is C15H21ClN2. The molecule has 0 radical (unpaired) electrons. The molecule has 0 bridgehead atoms. The van der Waals surface area contributed by atoms with Crippen molar-refractivity contribution < 1.29 is 0 Å². The van der Waals surface area contributed by atoms with Crippen LogP contribution in [0.4, 0.5) is 0 Å². The molecule has 98 valence electrons. The maximum atomic E-state index is 6.09. The largest absolute Gasteiger partial charge is 0.316 e. The first-order valence-electron chi connectivity index (χ1n) is 6.85. The first-order chi connectivity index (χ1) is 8.65. The Morgan fingerprint density at radius 3 is 3.06 bits per heavy atom. The van der Waals surface area contributed by atoms with Crippen molar-refractivity contribution in [3.63, 3.8) is 0 Å². The summed E-state index contributed by atoms with van der Waals surface area (Å²) < 4.78 is 0. The van der Waals surface area contributed by atoms with E-state index in [-0.39, 0.29) is 0 Å². The molecule has 1 atom stereocenters. The second-order valence-electron chi connectivity index (χ2n) is 6.11. The fraction of sp³-hybridized carbons (Fsp3) is 0.600. The van der Waals surface area contributed by atoms with E-state index >= 15 is 0 Å². The van der Waals surface area contributed by atoms with Gasteiger partial charge in [0.25, 0.3) is 0 Å². The predicted octanol–water partition coefficient (Wildman–Crippen LogP) is 2.70. The summed E-state index contributed by atoms with van der Waals surface area (Å²) in [5, 5.41) is 4.35. The highest BCUT2D eigenvalue weighted by atomic mass is 35.5. The van der Waals surface area contributed by atoms with Crippen molar-refractivity contribution in [2.24, 2.45) is 5.41 Å². The van der Waals surface area contributed by atoms with E-state index in [9.17, 15) is 0 Å². The summed E-state index contributed by atoms with van der Waals surface area (Å²) in [4.78, 5) is 2.59. The SMILES string of the molecule is CC1(CN2CCc3ccc(Cl)cc3C2)CCNC1. The minimum absolute atomic E-state index is 0.454. The van der Waals surface area contributed by atoms with Gasteiger partial charge in [-0.05, 0) is 48.1 Å². The molecule has 2 heterocycles. The molecule has 18 heavy (non-hydrogen) atoms. The first-order valence-corrected chi connectivity index (χ1v) is 7.23. The zero-order chi connectivity index (χ0) is 12.6. The van der Waals surface area contributed by atoms with Crippen molar-refractivity contribution in [2.75, 3.05) is 26.2 Å². The third-order valence-corrected chi connectivity index (χ3v) is 4.56. The highest BCUT2D eigenvalue weighted by Gasteiger charge is 2.31. The summed E-state index contributed by atoms with van der Waals surface area (Å²) in [6.45, 7) is 8.18. The average molecular weight is 265 g/mol. The van der Waals surface area contributed by atoms with E-state index in [1.54, 1.807) is 0 Å². The standard InChI is InChI=1S/C15H21ClN2/c1-15(5-6-17-10-15)11-18-7-4-12-2-3-14(16)8-13(12)9-18/h2-3,8,17H,4-7,9-11H2,1H3. The lowest BCUT2D eigenvalue weighted by Crippen LogP contribution is -2.40.